The molecule has 2 aromatic heterocycles. The third-order valence-corrected chi connectivity index (χ3v) is 7.27. The number of hydrogen-bond donors (Lipinski definition) is 1. The lowest BCUT2D eigenvalue weighted by atomic mass is 9.80. The van der Waals surface area contributed by atoms with E-state index in [0.29, 0.717) is 17.1 Å². The molecule has 1 aliphatic heterocycles. The Bertz CT molecular complexity index is 1140. The summed E-state index contributed by atoms with van der Waals surface area (Å²) >= 11 is 8.20. The Hall–Kier alpha value is -2.44. The summed E-state index contributed by atoms with van der Waals surface area (Å²) in [6.07, 6.45) is 2.45. The van der Waals surface area contributed by atoms with Crippen LogP contribution in [0.3, 0.4) is 0 Å². The van der Waals surface area contributed by atoms with Crippen LogP contribution in [0.4, 0.5) is 4.79 Å². The fourth-order valence-corrected chi connectivity index (χ4v) is 5.56. The van der Waals surface area contributed by atoms with Crippen molar-refractivity contribution in [2.24, 2.45) is 0 Å². The first-order valence-electron chi connectivity index (χ1n) is 9.26. The molecule has 2 aliphatic rings. The molecule has 3 aromatic rings. The molecule has 1 aromatic carbocycles. The number of thiophene rings is 1. The van der Waals surface area contributed by atoms with E-state index in [1.54, 1.807) is 11.3 Å². The molecular weight excluding hydrogens is 394 g/mol. The Morgan fingerprint density at radius 3 is 2.96 bits per heavy atom. The maximum atomic E-state index is 13.4. The molecule has 0 unspecified atom stereocenters. The van der Waals surface area contributed by atoms with Crippen LogP contribution in [0, 0.1) is 6.92 Å². The highest BCUT2D eigenvalue weighted by Crippen LogP contribution is 2.42. The van der Waals surface area contributed by atoms with Crippen molar-refractivity contribution in [3.63, 3.8) is 0 Å². The molecule has 1 fully saturated rings. The number of carbonyl (C=O) groups excluding carboxylic acids is 2. The van der Waals surface area contributed by atoms with E-state index in [0.717, 1.165) is 34.9 Å². The second-order valence-corrected chi connectivity index (χ2v) is 8.73. The van der Waals surface area contributed by atoms with Crippen LogP contribution in [0.2, 0.25) is 5.02 Å². The number of rotatable bonds is 2. The zero-order valence-electron chi connectivity index (χ0n) is 15.3. The first-order valence-corrected chi connectivity index (χ1v) is 10.5. The highest BCUT2D eigenvalue weighted by Gasteiger charge is 2.54. The number of imide groups is 1. The summed E-state index contributed by atoms with van der Waals surface area (Å²) in [7, 11) is 0. The molecule has 0 radical (unpaired) electrons. The molecule has 7 heteroatoms. The number of nitrogens with one attached hydrogen (secondary N) is 1. The van der Waals surface area contributed by atoms with E-state index < -0.39 is 5.54 Å². The van der Waals surface area contributed by atoms with E-state index in [4.69, 9.17) is 11.6 Å². The first-order chi connectivity index (χ1) is 13.5. The number of amides is 3. The summed E-state index contributed by atoms with van der Waals surface area (Å²) < 4.78 is 0. The lowest BCUT2D eigenvalue weighted by Gasteiger charge is -2.31. The van der Waals surface area contributed by atoms with E-state index >= 15 is 0 Å². The SMILES string of the molecule is Cc1c(Cl)c(CN2C(=O)N[C@@]3(CCCc4sccc43)C2=O)nc2ccccc12. The van der Waals surface area contributed by atoms with Gasteiger partial charge in [0.15, 0.2) is 0 Å². The molecule has 1 spiro atoms. The predicted molar refractivity (Wildman–Crippen MR) is 110 cm³/mol. The van der Waals surface area contributed by atoms with Gasteiger partial charge in [0.1, 0.15) is 5.54 Å². The van der Waals surface area contributed by atoms with E-state index in [9.17, 15) is 9.59 Å². The molecule has 3 amide bonds. The van der Waals surface area contributed by atoms with Crippen LogP contribution in [-0.4, -0.2) is 21.8 Å². The molecule has 1 atom stereocenters. The third kappa shape index (κ3) is 2.41. The van der Waals surface area contributed by atoms with Crippen molar-refractivity contribution in [3.8, 4) is 0 Å². The van der Waals surface area contributed by atoms with Crippen molar-refractivity contribution in [1.82, 2.24) is 15.2 Å². The van der Waals surface area contributed by atoms with E-state index in [2.05, 4.69) is 10.3 Å². The van der Waals surface area contributed by atoms with Crippen LogP contribution in [0.15, 0.2) is 35.7 Å². The van der Waals surface area contributed by atoms with Gasteiger partial charge in [-0.05, 0) is 49.3 Å². The molecule has 142 valence electrons. The summed E-state index contributed by atoms with van der Waals surface area (Å²) in [5.41, 5.74) is 2.25. The van der Waals surface area contributed by atoms with Crippen LogP contribution in [0.25, 0.3) is 10.9 Å². The standard InChI is InChI=1S/C21H18ClN3O2S/c1-12-13-5-2-3-6-15(13)23-16(18(12)22)11-25-19(26)21(24-20(25)27)9-4-7-17-14(21)8-10-28-17/h2-3,5-6,8,10H,4,7,9,11H2,1H3,(H,24,27)/t21-/m1/s1. The van der Waals surface area contributed by atoms with Crippen molar-refractivity contribution in [3.05, 3.63) is 62.4 Å². The minimum absolute atomic E-state index is 0.0659. The number of pyridine rings is 1. The van der Waals surface area contributed by atoms with Crippen molar-refractivity contribution in [1.29, 1.82) is 0 Å². The van der Waals surface area contributed by atoms with Crippen LogP contribution in [0.5, 0.6) is 0 Å². The molecule has 28 heavy (non-hydrogen) atoms. The molecule has 1 saturated heterocycles. The van der Waals surface area contributed by atoms with Crippen LogP contribution >= 0.6 is 22.9 Å². The number of urea groups is 1. The Balaban J connectivity index is 1.54. The van der Waals surface area contributed by atoms with Crippen molar-refractivity contribution >= 4 is 45.8 Å². The van der Waals surface area contributed by atoms with Gasteiger partial charge in [-0.25, -0.2) is 9.78 Å². The first kappa shape index (κ1) is 17.6. The second kappa shape index (κ2) is 6.29. The Kier molecular flexibility index (Phi) is 3.96. The maximum Gasteiger partial charge on any atom is 0.325 e. The highest BCUT2D eigenvalue weighted by atomic mass is 35.5. The number of benzene rings is 1. The van der Waals surface area contributed by atoms with Gasteiger partial charge in [-0.15, -0.1) is 11.3 Å². The molecule has 3 heterocycles. The minimum Gasteiger partial charge on any atom is -0.319 e. The minimum atomic E-state index is -0.941. The predicted octanol–water partition coefficient (Wildman–Crippen LogP) is 4.54. The number of aryl methyl sites for hydroxylation is 2. The van der Waals surface area contributed by atoms with Crippen molar-refractivity contribution < 1.29 is 9.59 Å². The lowest BCUT2D eigenvalue weighted by Crippen LogP contribution is -2.46. The summed E-state index contributed by atoms with van der Waals surface area (Å²) in [4.78, 5) is 33.2. The zero-order chi connectivity index (χ0) is 19.5. The lowest BCUT2D eigenvalue weighted by molar-refractivity contribution is -0.132. The van der Waals surface area contributed by atoms with Crippen LogP contribution in [-0.2, 0) is 23.3 Å². The quantitative estimate of drug-likeness (QED) is 0.629. The van der Waals surface area contributed by atoms with Gasteiger partial charge in [0.25, 0.3) is 5.91 Å². The number of halogens is 1. The Morgan fingerprint density at radius 1 is 1.29 bits per heavy atom. The van der Waals surface area contributed by atoms with Gasteiger partial charge in [-0.3, -0.25) is 9.69 Å². The Labute approximate surface area is 171 Å². The molecular formula is C21H18ClN3O2S. The van der Waals surface area contributed by atoms with Gasteiger partial charge in [0.2, 0.25) is 0 Å². The largest absolute Gasteiger partial charge is 0.325 e. The van der Waals surface area contributed by atoms with Gasteiger partial charge in [-0.1, -0.05) is 29.8 Å². The molecule has 0 saturated carbocycles. The third-order valence-electron chi connectivity index (χ3n) is 5.79. The number of aromatic nitrogens is 1. The van der Waals surface area contributed by atoms with Crippen LogP contribution < -0.4 is 5.32 Å². The van der Waals surface area contributed by atoms with Gasteiger partial charge < -0.3 is 5.32 Å². The van der Waals surface area contributed by atoms with Gasteiger partial charge in [0, 0.05) is 15.8 Å². The number of fused-ring (bicyclic) bond motifs is 3. The molecule has 0 bridgehead atoms. The fourth-order valence-electron chi connectivity index (χ4n) is 4.36. The molecule has 1 aliphatic carbocycles. The molecule has 5 rings (SSSR count). The summed E-state index contributed by atoms with van der Waals surface area (Å²) in [6, 6.07) is 9.31. The monoisotopic (exact) mass is 411 g/mol. The number of carbonyl (C=O) groups is 2. The van der Waals surface area contributed by atoms with Gasteiger partial charge >= 0.3 is 6.03 Å². The van der Waals surface area contributed by atoms with E-state index in [1.807, 2.05) is 42.6 Å². The summed E-state index contributed by atoms with van der Waals surface area (Å²) in [5.74, 6) is -0.208. The van der Waals surface area contributed by atoms with E-state index in [-0.39, 0.29) is 18.5 Å². The number of hydrogen-bond acceptors (Lipinski definition) is 4. The second-order valence-electron chi connectivity index (χ2n) is 7.35. The zero-order valence-corrected chi connectivity index (χ0v) is 16.9. The summed E-state index contributed by atoms with van der Waals surface area (Å²) in [5, 5.41) is 6.44. The van der Waals surface area contributed by atoms with Gasteiger partial charge in [0.05, 0.1) is 22.8 Å². The maximum absolute atomic E-state index is 13.4. The van der Waals surface area contributed by atoms with Crippen molar-refractivity contribution in [2.75, 3.05) is 0 Å². The average Bonchev–Trinajstić information content (AvgIpc) is 3.26. The number of nitrogens with zero attached hydrogens (tertiary/aromatic N) is 2. The smallest absolute Gasteiger partial charge is 0.319 e. The highest BCUT2D eigenvalue weighted by molar-refractivity contribution is 7.10. The molecule has 5 nitrogen and oxygen atoms in total. The van der Waals surface area contributed by atoms with Crippen LogP contribution in [0.1, 0.15) is 34.5 Å². The normalized spacial score (nSPS) is 21.4. The average molecular weight is 412 g/mol. The van der Waals surface area contributed by atoms with E-state index in [1.165, 1.54) is 9.78 Å². The van der Waals surface area contributed by atoms with Crippen molar-refractivity contribution in [2.45, 2.75) is 38.3 Å². The fraction of sp³-hybridized carbons (Fsp3) is 0.286. The molecule has 1 N–H and O–H groups in total. The number of para-hydroxylation sites is 1. The van der Waals surface area contributed by atoms with Gasteiger partial charge in [-0.2, -0.15) is 0 Å². The Morgan fingerprint density at radius 2 is 2.11 bits per heavy atom. The summed E-state index contributed by atoms with van der Waals surface area (Å²) in [6.45, 7) is 2.00. The topological polar surface area (TPSA) is 62.3 Å².